The molecule has 1 N–H and O–H groups in total. The van der Waals surface area contributed by atoms with E-state index in [1.807, 2.05) is 10.3 Å². The summed E-state index contributed by atoms with van der Waals surface area (Å²) in [5, 5.41) is 10.1. The first kappa shape index (κ1) is 10.3. The van der Waals surface area contributed by atoms with Gasteiger partial charge in [0.2, 0.25) is 6.41 Å². The fourth-order valence-corrected chi connectivity index (χ4v) is 2.75. The molecule has 0 aliphatic carbocycles. The standard InChI is InChI=1S/C10H13N3OS/c11-5-9-6-15-10(12-9)8-1-3-13(7-14)4-2-8/h5-8,11H,1-4H2. The Kier molecular flexibility index (Phi) is 3.11. The summed E-state index contributed by atoms with van der Waals surface area (Å²) in [6.45, 7) is 1.65. The number of likely N-dealkylation sites (tertiary alicyclic amines) is 1. The number of rotatable bonds is 3. The first-order chi connectivity index (χ1) is 7.33. The molecule has 0 spiro atoms. The maximum Gasteiger partial charge on any atom is 0.209 e. The molecule has 4 nitrogen and oxygen atoms in total. The molecule has 80 valence electrons. The van der Waals surface area contributed by atoms with Crippen LogP contribution in [-0.4, -0.2) is 35.6 Å². The summed E-state index contributed by atoms with van der Waals surface area (Å²) in [6.07, 6.45) is 4.18. The minimum atomic E-state index is 0.472. The van der Waals surface area contributed by atoms with Gasteiger partial charge in [-0.05, 0) is 12.8 Å². The lowest BCUT2D eigenvalue weighted by Crippen LogP contribution is -2.31. The van der Waals surface area contributed by atoms with Gasteiger partial charge < -0.3 is 10.3 Å². The van der Waals surface area contributed by atoms with E-state index in [1.165, 1.54) is 6.21 Å². The third-order valence-electron chi connectivity index (χ3n) is 2.72. The summed E-state index contributed by atoms with van der Waals surface area (Å²) in [4.78, 5) is 16.7. The van der Waals surface area contributed by atoms with E-state index < -0.39 is 0 Å². The lowest BCUT2D eigenvalue weighted by molar-refractivity contribution is -0.119. The third kappa shape index (κ3) is 2.23. The number of piperidine rings is 1. The van der Waals surface area contributed by atoms with E-state index in [0.29, 0.717) is 5.92 Å². The van der Waals surface area contributed by atoms with Crippen LogP contribution in [0.5, 0.6) is 0 Å². The molecule has 5 heteroatoms. The van der Waals surface area contributed by atoms with E-state index >= 15 is 0 Å². The minimum absolute atomic E-state index is 0.472. The second-order valence-electron chi connectivity index (χ2n) is 3.67. The van der Waals surface area contributed by atoms with Crippen LogP contribution in [0.25, 0.3) is 0 Å². The van der Waals surface area contributed by atoms with Crippen molar-refractivity contribution < 1.29 is 4.79 Å². The van der Waals surface area contributed by atoms with Gasteiger partial charge in [0.1, 0.15) is 0 Å². The second-order valence-corrected chi connectivity index (χ2v) is 4.56. The zero-order valence-corrected chi connectivity index (χ0v) is 9.17. The maximum absolute atomic E-state index is 10.5. The van der Waals surface area contributed by atoms with Crippen LogP contribution >= 0.6 is 11.3 Å². The molecule has 1 fully saturated rings. The predicted molar refractivity (Wildman–Crippen MR) is 59.6 cm³/mol. The Balaban J connectivity index is 2.00. The molecule has 0 saturated carbocycles. The van der Waals surface area contributed by atoms with Gasteiger partial charge in [-0.1, -0.05) is 0 Å². The van der Waals surface area contributed by atoms with Crippen LogP contribution in [0.2, 0.25) is 0 Å². The highest BCUT2D eigenvalue weighted by Crippen LogP contribution is 2.29. The van der Waals surface area contributed by atoms with Crippen LogP contribution in [0.15, 0.2) is 5.38 Å². The van der Waals surface area contributed by atoms with Gasteiger partial charge in [-0.2, -0.15) is 0 Å². The van der Waals surface area contributed by atoms with Crippen LogP contribution in [0, 0.1) is 5.41 Å². The molecule has 1 aliphatic rings. The number of carbonyl (C=O) groups excluding carboxylic acids is 1. The number of carbonyl (C=O) groups is 1. The van der Waals surface area contributed by atoms with Gasteiger partial charge in [-0.3, -0.25) is 4.79 Å². The Morgan fingerprint density at radius 3 is 2.80 bits per heavy atom. The second kappa shape index (κ2) is 4.53. The molecule has 15 heavy (non-hydrogen) atoms. The largest absolute Gasteiger partial charge is 0.345 e. The molecule has 0 bridgehead atoms. The van der Waals surface area contributed by atoms with E-state index in [4.69, 9.17) is 5.41 Å². The summed E-state index contributed by atoms with van der Waals surface area (Å²) < 4.78 is 0. The Morgan fingerprint density at radius 1 is 1.53 bits per heavy atom. The van der Waals surface area contributed by atoms with Gasteiger partial charge in [0, 0.05) is 30.6 Å². The van der Waals surface area contributed by atoms with E-state index in [-0.39, 0.29) is 0 Å². The highest BCUT2D eigenvalue weighted by atomic mass is 32.1. The van der Waals surface area contributed by atoms with Crippen LogP contribution in [0.1, 0.15) is 29.5 Å². The fraction of sp³-hybridized carbons (Fsp3) is 0.500. The fourth-order valence-electron chi connectivity index (χ4n) is 1.81. The molecule has 0 aromatic carbocycles. The van der Waals surface area contributed by atoms with Gasteiger partial charge in [0.05, 0.1) is 10.7 Å². The molecular formula is C10H13N3OS. The molecule has 0 unspecified atom stereocenters. The number of amides is 1. The van der Waals surface area contributed by atoms with Gasteiger partial charge in [0.15, 0.2) is 0 Å². The van der Waals surface area contributed by atoms with E-state index in [2.05, 4.69) is 4.98 Å². The van der Waals surface area contributed by atoms with Gasteiger partial charge >= 0.3 is 0 Å². The summed E-state index contributed by atoms with van der Waals surface area (Å²) in [5.41, 5.74) is 0.743. The van der Waals surface area contributed by atoms with Crippen molar-refractivity contribution in [2.45, 2.75) is 18.8 Å². The quantitative estimate of drug-likeness (QED) is 0.623. The van der Waals surface area contributed by atoms with E-state index in [9.17, 15) is 4.79 Å². The number of thiazole rings is 1. The Bertz CT molecular complexity index is 355. The average molecular weight is 223 g/mol. The van der Waals surface area contributed by atoms with Crippen LogP contribution in [0.3, 0.4) is 0 Å². The molecule has 1 amide bonds. The van der Waals surface area contributed by atoms with Gasteiger partial charge in [0.25, 0.3) is 0 Å². The molecule has 1 saturated heterocycles. The first-order valence-electron chi connectivity index (χ1n) is 4.98. The molecule has 1 aliphatic heterocycles. The highest BCUT2D eigenvalue weighted by molar-refractivity contribution is 7.09. The first-order valence-corrected chi connectivity index (χ1v) is 5.86. The van der Waals surface area contributed by atoms with Crippen molar-refractivity contribution in [2.24, 2.45) is 0 Å². The number of hydrogen-bond donors (Lipinski definition) is 1. The molecule has 2 rings (SSSR count). The zero-order chi connectivity index (χ0) is 10.7. The smallest absolute Gasteiger partial charge is 0.209 e. The lowest BCUT2D eigenvalue weighted by atomic mass is 9.98. The number of nitrogens with zero attached hydrogens (tertiary/aromatic N) is 2. The summed E-state index contributed by atoms with van der Waals surface area (Å²) in [5.74, 6) is 0.472. The van der Waals surface area contributed by atoms with Crippen molar-refractivity contribution in [2.75, 3.05) is 13.1 Å². The van der Waals surface area contributed by atoms with Crippen molar-refractivity contribution in [3.63, 3.8) is 0 Å². The molecule has 0 atom stereocenters. The van der Waals surface area contributed by atoms with Crippen LogP contribution in [0.4, 0.5) is 0 Å². The third-order valence-corrected chi connectivity index (χ3v) is 3.74. The number of aromatic nitrogens is 1. The van der Waals surface area contributed by atoms with Gasteiger partial charge in [-0.15, -0.1) is 11.3 Å². The van der Waals surface area contributed by atoms with Crippen molar-refractivity contribution in [3.05, 3.63) is 16.1 Å². The molecule has 2 heterocycles. The average Bonchev–Trinajstić information content (AvgIpc) is 2.78. The van der Waals surface area contributed by atoms with Crippen LogP contribution < -0.4 is 0 Å². The Labute approximate surface area is 92.4 Å². The maximum atomic E-state index is 10.5. The Hall–Kier alpha value is -1.23. The SMILES string of the molecule is N=Cc1csc(C2CCN(C=O)CC2)n1. The summed E-state index contributed by atoms with van der Waals surface area (Å²) in [6, 6.07) is 0. The van der Waals surface area contributed by atoms with Crippen LogP contribution in [-0.2, 0) is 4.79 Å². The number of hydrogen-bond acceptors (Lipinski definition) is 4. The molecule has 1 aromatic heterocycles. The van der Waals surface area contributed by atoms with Gasteiger partial charge in [-0.25, -0.2) is 4.98 Å². The number of nitrogens with one attached hydrogen (secondary N) is 1. The monoisotopic (exact) mass is 223 g/mol. The molecule has 0 radical (unpaired) electrons. The van der Waals surface area contributed by atoms with E-state index in [1.54, 1.807) is 11.3 Å². The minimum Gasteiger partial charge on any atom is -0.345 e. The predicted octanol–water partition coefficient (Wildman–Crippen LogP) is 1.48. The summed E-state index contributed by atoms with van der Waals surface area (Å²) >= 11 is 1.62. The summed E-state index contributed by atoms with van der Waals surface area (Å²) in [7, 11) is 0. The molecular weight excluding hydrogens is 210 g/mol. The van der Waals surface area contributed by atoms with Crippen molar-refractivity contribution in [3.8, 4) is 0 Å². The van der Waals surface area contributed by atoms with Crippen molar-refractivity contribution in [1.82, 2.24) is 9.88 Å². The van der Waals surface area contributed by atoms with Crippen molar-refractivity contribution in [1.29, 1.82) is 5.41 Å². The topological polar surface area (TPSA) is 57.1 Å². The van der Waals surface area contributed by atoms with Crippen molar-refractivity contribution >= 4 is 24.0 Å². The highest BCUT2D eigenvalue weighted by Gasteiger charge is 2.21. The normalized spacial score (nSPS) is 17.7. The zero-order valence-electron chi connectivity index (χ0n) is 8.35. The Morgan fingerprint density at radius 2 is 2.27 bits per heavy atom. The molecule has 1 aromatic rings. The van der Waals surface area contributed by atoms with E-state index in [0.717, 1.165) is 43.0 Å². The lowest BCUT2D eigenvalue weighted by Gasteiger charge is -2.27.